The molecule has 3 nitrogen and oxygen atoms in total. The molecule has 1 aliphatic rings. The normalized spacial score (nSPS) is 17.2. The molecule has 3 heteroatoms. The second kappa shape index (κ2) is 5.01. The van der Waals surface area contributed by atoms with E-state index in [9.17, 15) is 4.79 Å². The lowest BCUT2D eigenvalue weighted by Gasteiger charge is -2.29. The number of benzene rings is 1. The van der Waals surface area contributed by atoms with Gasteiger partial charge in [0.05, 0.1) is 7.11 Å². The van der Waals surface area contributed by atoms with Crippen molar-refractivity contribution in [3.05, 3.63) is 29.8 Å². The highest BCUT2D eigenvalue weighted by atomic mass is 16.5. The summed E-state index contributed by atoms with van der Waals surface area (Å²) in [7, 11) is 1.68. The minimum Gasteiger partial charge on any atom is -0.497 e. The number of likely N-dealkylation sites (tertiary alicyclic amines) is 1. The molecule has 0 unspecified atom stereocenters. The molecule has 0 aliphatic carbocycles. The van der Waals surface area contributed by atoms with Gasteiger partial charge < -0.3 is 9.64 Å². The molecule has 16 heavy (non-hydrogen) atoms. The van der Waals surface area contributed by atoms with Crippen LogP contribution in [0.2, 0.25) is 0 Å². The summed E-state index contributed by atoms with van der Waals surface area (Å²) in [6, 6.07) is 8.25. The molecule has 1 saturated heterocycles. The summed E-state index contributed by atoms with van der Waals surface area (Å²) in [6.07, 6.45) is 3.07. The number of hydrogen-bond acceptors (Lipinski definition) is 2. The van der Waals surface area contributed by atoms with Crippen LogP contribution in [0.15, 0.2) is 24.3 Å². The molecular formula is C13H17NO2. The number of methoxy groups -OCH3 is 1. The first-order valence-electron chi connectivity index (χ1n) is 5.67. The molecule has 1 heterocycles. The van der Waals surface area contributed by atoms with Gasteiger partial charge in [-0.05, 0) is 36.5 Å². The number of rotatable bonds is 3. The molecule has 1 fully saturated rings. The van der Waals surface area contributed by atoms with Crippen molar-refractivity contribution in [2.24, 2.45) is 0 Å². The van der Waals surface area contributed by atoms with Crippen LogP contribution in [0.25, 0.3) is 0 Å². The van der Waals surface area contributed by atoms with Gasteiger partial charge in [-0.1, -0.05) is 12.1 Å². The van der Waals surface area contributed by atoms with E-state index in [0.29, 0.717) is 5.92 Å². The lowest BCUT2D eigenvalue weighted by molar-refractivity contribution is -0.119. The van der Waals surface area contributed by atoms with Crippen molar-refractivity contribution in [2.45, 2.75) is 18.8 Å². The van der Waals surface area contributed by atoms with Crippen LogP contribution in [0.1, 0.15) is 24.3 Å². The predicted molar refractivity (Wildman–Crippen MR) is 62.6 cm³/mol. The Labute approximate surface area is 96.0 Å². The van der Waals surface area contributed by atoms with E-state index in [2.05, 4.69) is 12.1 Å². The molecule has 0 spiro atoms. The van der Waals surface area contributed by atoms with Gasteiger partial charge in [0.25, 0.3) is 0 Å². The van der Waals surface area contributed by atoms with E-state index in [1.165, 1.54) is 5.56 Å². The zero-order valence-corrected chi connectivity index (χ0v) is 9.56. The van der Waals surface area contributed by atoms with Gasteiger partial charge in [-0.3, -0.25) is 4.79 Å². The fourth-order valence-corrected chi connectivity index (χ4v) is 2.21. The monoisotopic (exact) mass is 219 g/mol. The molecule has 0 saturated carbocycles. The minimum absolute atomic E-state index is 0.585. The third-order valence-corrected chi connectivity index (χ3v) is 3.27. The van der Waals surface area contributed by atoms with E-state index in [0.717, 1.165) is 38.1 Å². The average molecular weight is 219 g/mol. The molecule has 86 valence electrons. The summed E-state index contributed by atoms with van der Waals surface area (Å²) in [5.41, 5.74) is 1.35. The van der Waals surface area contributed by atoms with Crippen LogP contribution in [-0.2, 0) is 4.79 Å². The Bertz CT molecular complexity index is 339. The highest BCUT2D eigenvalue weighted by Crippen LogP contribution is 2.28. The molecular weight excluding hydrogens is 202 g/mol. The van der Waals surface area contributed by atoms with Gasteiger partial charge in [0.15, 0.2) is 0 Å². The summed E-state index contributed by atoms with van der Waals surface area (Å²) in [6.45, 7) is 1.75. The SMILES string of the molecule is COc1ccc(C2CCN(C=O)CC2)cc1. The topological polar surface area (TPSA) is 29.5 Å². The van der Waals surface area contributed by atoms with Crippen LogP contribution in [-0.4, -0.2) is 31.5 Å². The lowest BCUT2D eigenvalue weighted by atomic mass is 9.90. The maximum Gasteiger partial charge on any atom is 0.209 e. The number of carbonyl (C=O) groups is 1. The maximum absolute atomic E-state index is 10.6. The Morgan fingerprint density at radius 3 is 2.38 bits per heavy atom. The second-order valence-corrected chi connectivity index (χ2v) is 4.19. The molecule has 0 bridgehead atoms. The van der Waals surface area contributed by atoms with Crippen molar-refractivity contribution in [3.63, 3.8) is 0 Å². The summed E-state index contributed by atoms with van der Waals surface area (Å²) in [5.74, 6) is 1.48. The van der Waals surface area contributed by atoms with Crippen LogP contribution >= 0.6 is 0 Å². The zero-order chi connectivity index (χ0) is 11.4. The van der Waals surface area contributed by atoms with Gasteiger partial charge in [0.1, 0.15) is 5.75 Å². The van der Waals surface area contributed by atoms with Crippen LogP contribution in [0.4, 0.5) is 0 Å². The molecule has 2 rings (SSSR count). The van der Waals surface area contributed by atoms with E-state index in [-0.39, 0.29) is 0 Å². The van der Waals surface area contributed by atoms with Crippen molar-refractivity contribution in [1.82, 2.24) is 4.90 Å². The predicted octanol–water partition coefficient (Wildman–Crippen LogP) is 2.03. The van der Waals surface area contributed by atoms with Crippen molar-refractivity contribution in [1.29, 1.82) is 0 Å². The Kier molecular flexibility index (Phi) is 3.44. The van der Waals surface area contributed by atoms with E-state index in [4.69, 9.17) is 4.74 Å². The Hall–Kier alpha value is -1.51. The summed E-state index contributed by atoms with van der Waals surface area (Å²) in [5, 5.41) is 0. The van der Waals surface area contributed by atoms with E-state index >= 15 is 0 Å². The van der Waals surface area contributed by atoms with Gasteiger partial charge >= 0.3 is 0 Å². The number of piperidine rings is 1. The van der Waals surface area contributed by atoms with Crippen molar-refractivity contribution >= 4 is 6.41 Å². The highest BCUT2D eigenvalue weighted by molar-refractivity contribution is 5.47. The van der Waals surface area contributed by atoms with E-state index in [1.54, 1.807) is 7.11 Å². The largest absolute Gasteiger partial charge is 0.497 e. The van der Waals surface area contributed by atoms with Crippen LogP contribution < -0.4 is 4.74 Å². The first-order valence-corrected chi connectivity index (χ1v) is 5.67. The lowest BCUT2D eigenvalue weighted by Crippen LogP contribution is -2.31. The quantitative estimate of drug-likeness (QED) is 0.728. The minimum atomic E-state index is 0.585. The third kappa shape index (κ3) is 2.35. The first-order chi connectivity index (χ1) is 7.83. The van der Waals surface area contributed by atoms with Gasteiger partial charge in [-0.15, -0.1) is 0 Å². The Balaban J connectivity index is 1.99. The molecule has 0 radical (unpaired) electrons. The number of hydrogen-bond donors (Lipinski definition) is 0. The highest BCUT2D eigenvalue weighted by Gasteiger charge is 2.19. The van der Waals surface area contributed by atoms with Gasteiger partial charge in [0, 0.05) is 13.1 Å². The van der Waals surface area contributed by atoms with E-state index in [1.807, 2.05) is 17.0 Å². The molecule has 1 aromatic carbocycles. The van der Waals surface area contributed by atoms with Crippen molar-refractivity contribution < 1.29 is 9.53 Å². The molecule has 0 atom stereocenters. The smallest absolute Gasteiger partial charge is 0.209 e. The summed E-state index contributed by atoms with van der Waals surface area (Å²) < 4.78 is 5.14. The summed E-state index contributed by atoms with van der Waals surface area (Å²) >= 11 is 0. The van der Waals surface area contributed by atoms with Crippen LogP contribution in [0, 0.1) is 0 Å². The van der Waals surface area contributed by atoms with Gasteiger partial charge in [-0.25, -0.2) is 0 Å². The molecule has 1 aliphatic heterocycles. The number of amides is 1. The van der Waals surface area contributed by atoms with Crippen molar-refractivity contribution in [2.75, 3.05) is 20.2 Å². The number of carbonyl (C=O) groups excluding carboxylic acids is 1. The molecule has 1 amide bonds. The van der Waals surface area contributed by atoms with Crippen LogP contribution in [0.3, 0.4) is 0 Å². The summed E-state index contributed by atoms with van der Waals surface area (Å²) in [4.78, 5) is 12.4. The second-order valence-electron chi connectivity index (χ2n) is 4.19. The fraction of sp³-hybridized carbons (Fsp3) is 0.462. The van der Waals surface area contributed by atoms with Gasteiger partial charge in [0.2, 0.25) is 6.41 Å². The molecule has 1 aromatic rings. The molecule has 0 aromatic heterocycles. The third-order valence-electron chi connectivity index (χ3n) is 3.27. The van der Waals surface area contributed by atoms with E-state index < -0.39 is 0 Å². The zero-order valence-electron chi connectivity index (χ0n) is 9.56. The first kappa shape index (κ1) is 11.0. The number of nitrogens with zero attached hydrogens (tertiary/aromatic N) is 1. The Morgan fingerprint density at radius 1 is 1.25 bits per heavy atom. The Morgan fingerprint density at radius 2 is 1.88 bits per heavy atom. The van der Waals surface area contributed by atoms with Gasteiger partial charge in [-0.2, -0.15) is 0 Å². The average Bonchev–Trinajstić information content (AvgIpc) is 2.39. The maximum atomic E-state index is 10.6. The van der Waals surface area contributed by atoms with Crippen LogP contribution in [0.5, 0.6) is 5.75 Å². The fourth-order valence-electron chi connectivity index (χ4n) is 2.21. The molecule has 0 N–H and O–H groups in total. The standard InChI is InChI=1S/C13H17NO2/c1-16-13-4-2-11(3-5-13)12-6-8-14(10-15)9-7-12/h2-5,10,12H,6-9H2,1H3. The van der Waals surface area contributed by atoms with Crippen molar-refractivity contribution in [3.8, 4) is 5.75 Å². The number of ether oxygens (including phenoxy) is 1.